The number of nitrogens with one attached hydrogen (secondary N) is 3. The Morgan fingerprint density at radius 1 is 1.21 bits per heavy atom. The Balaban J connectivity index is 1.36. The van der Waals surface area contributed by atoms with Crippen LogP contribution in [-0.2, 0) is 28.9 Å². The first-order valence-electron chi connectivity index (χ1n) is 10.0. The van der Waals surface area contributed by atoms with Crippen LogP contribution in [0.25, 0.3) is 0 Å². The summed E-state index contributed by atoms with van der Waals surface area (Å²) in [4.78, 5) is 49.7. The van der Waals surface area contributed by atoms with E-state index in [1.807, 2.05) is 6.07 Å². The number of imide groups is 1. The van der Waals surface area contributed by atoms with Crippen molar-refractivity contribution >= 4 is 41.0 Å². The number of hydrogen-bond donors (Lipinski definition) is 3. The number of hydrogen-bond acceptors (Lipinski definition) is 4. The number of rotatable bonds is 4. The van der Waals surface area contributed by atoms with Crippen molar-refractivity contribution in [2.45, 2.75) is 38.1 Å². The van der Waals surface area contributed by atoms with Crippen molar-refractivity contribution in [3.05, 3.63) is 63.7 Å². The maximum atomic E-state index is 12.7. The van der Waals surface area contributed by atoms with Crippen LogP contribution in [0.3, 0.4) is 0 Å². The van der Waals surface area contributed by atoms with Crippen molar-refractivity contribution in [3.8, 4) is 0 Å². The summed E-state index contributed by atoms with van der Waals surface area (Å²) in [5, 5.41) is 6.49. The standard InChI is InChI=1S/C22H16ClF3N4O4/c23-16-8-13(2-4-15(16)22(24,25)26)28-21(34)27-9-11-1-3-14-12(7-11)10-30(20(14)33)17-5-6-18(31)29-19(17)32/h1,3,7-8,17H,5-6,9-10H2,(H2,27,28,34)(H,29,31,32). The van der Waals surface area contributed by atoms with Gasteiger partial charge in [-0.25, -0.2) is 4.79 Å². The molecule has 176 valence electrons. The summed E-state index contributed by atoms with van der Waals surface area (Å²) < 4.78 is 38.2. The molecule has 4 rings (SSSR count). The Bertz CT molecular complexity index is 1200. The number of benzene rings is 1. The Hall–Kier alpha value is -3.78. The third kappa shape index (κ3) is 4.77. The smallest absolute Gasteiger partial charge is 0.334 e. The van der Waals surface area contributed by atoms with Gasteiger partial charge in [-0.2, -0.15) is 13.2 Å². The van der Waals surface area contributed by atoms with E-state index in [-0.39, 0.29) is 43.4 Å². The zero-order valence-electron chi connectivity index (χ0n) is 17.3. The van der Waals surface area contributed by atoms with Crippen LogP contribution in [0.15, 0.2) is 24.3 Å². The summed E-state index contributed by atoms with van der Waals surface area (Å²) in [5.41, 5.74) is 0.496. The van der Waals surface area contributed by atoms with Crippen LogP contribution in [0.1, 0.15) is 39.9 Å². The topological polar surface area (TPSA) is 108 Å². The molecule has 0 bridgehead atoms. The van der Waals surface area contributed by atoms with E-state index in [9.17, 15) is 32.3 Å². The Labute approximate surface area is 196 Å². The van der Waals surface area contributed by atoms with Crippen molar-refractivity contribution in [2.75, 3.05) is 5.32 Å². The first-order chi connectivity index (χ1) is 16.0. The van der Waals surface area contributed by atoms with E-state index in [2.05, 4.69) is 22.0 Å². The van der Waals surface area contributed by atoms with Gasteiger partial charge in [0.15, 0.2) is 0 Å². The molecule has 1 atom stereocenters. The van der Waals surface area contributed by atoms with Gasteiger partial charge in [0, 0.05) is 25.1 Å². The maximum absolute atomic E-state index is 12.7. The molecule has 1 fully saturated rings. The van der Waals surface area contributed by atoms with Crippen LogP contribution in [0.4, 0.5) is 23.7 Å². The van der Waals surface area contributed by atoms with E-state index in [4.69, 9.17) is 11.6 Å². The van der Waals surface area contributed by atoms with Gasteiger partial charge in [-0.1, -0.05) is 29.8 Å². The molecule has 0 radical (unpaired) electrons. The fraction of sp³-hybridized carbons (Fsp3) is 0.273. The van der Waals surface area contributed by atoms with Gasteiger partial charge in [-0.05, 0) is 35.7 Å². The Morgan fingerprint density at radius 3 is 2.65 bits per heavy atom. The minimum atomic E-state index is -4.68. The summed E-state index contributed by atoms with van der Waals surface area (Å²) in [6.45, 7) is 0.249. The van der Waals surface area contributed by atoms with E-state index < -0.39 is 34.7 Å². The summed E-state index contributed by atoms with van der Waals surface area (Å²) in [7, 11) is 0. The number of halogens is 4. The van der Waals surface area contributed by atoms with Gasteiger partial charge in [0.05, 0.1) is 10.7 Å². The van der Waals surface area contributed by atoms with Crippen molar-refractivity contribution in [3.63, 3.8) is 0 Å². The third-order valence-corrected chi connectivity index (χ3v) is 5.70. The van der Waals surface area contributed by atoms with Crippen LogP contribution < -0.4 is 16.0 Å². The van der Waals surface area contributed by atoms with E-state index >= 15 is 0 Å². The minimum Gasteiger partial charge on any atom is -0.334 e. The summed E-state index contributed by atoms with van der Waals surface area (Å²) in [6, 6.07) is 8.52. The minimum absolute atomic E-state index is 0.0593. The molecule has 0 saturated carbocycles. The molecular formula is C22H16ClF3N4O4. The molecule has 2 aromatic rings. The molecule has 2 aliphatic rings. The number of alkyl halides is 3. The number of carbonyl (C=O) groups excluding carboxylic acids is 4. The van der Waals surface area contributed by atoms with Gasteiger partial charge >= 0.3 is 12.2 Å². The molecular weight excluding hydrogens is 477 g/mol. The Morgan fingerprint density at radius 2 is 1.97 bits per heavy atom. The van der Waals surface area contributed by atoms with E-state index in [0.29, 0.717) is 16.7 Å². The van der Waals surface area contributed by atoms with Crippen LogP contribution in [0.2, 0.25) is 5.02 Å². The number of anilines is 1. The monoisotopic (exact) mass is 492 g/mol. The molecule has 1 saturated heterocycles. The molecule has 0 spiro atoms. The van der Waals surface area contributed by atoms with E-state index in [1.165, 1.54) is 4.90 Å². The average Bonchev–Trinajstić information content (AvgIpc) is 3.07. The number of carbonyl (C=O) groups is 4. The lowest BCUT2D eigenvalue weighted by molar-refractivity contribution is -0.138. The fourth-order valence-corrected chi connectivity index (χ4v) is 4.05. The van der Waals surface area contributed by atoms with Crippen molar-refractivity contribution in [2.24, 2.45) is 0 Å². The van der Waals surface area contributed by atoms with E-state index in [1.54, 1.807) is 18.2 Å². The maximum Gasteiger partial charge on any atom is 0.425 e. The average molecular weight is 493 g/mol. The highest BCUT2D eigenvalue weighted by atomic mass is 35.5. The van der Waals surface area contributed by atoms with Crippen LogP contribution in [-0.4, -0.2) is 34.7 Å². The zero-order chi connectivity index (χ0) is 24.6. The number of amides is 5. The van der Waals surface area contributed by atoms with Crippen LogP contribution in [0, 0.1) is 12.1 Å². The van der Waals surface area contributed by atoms with Gasteiger partial charge in [0.2, 0.25) is 11.8 Å². The van der Waals surface area contributed by atoms with Gasteiger partial charge in [-0.15, -0.1) is 0 Å². The van der Waals surface area contributed by atoms with Crippen molar-refractivity contribution in [1.82, 2.24) is 15.5 Å². The van der Waals surface area contributed by atoms with Gasteiger partial charge in [-0.3, -0.25) is 19.7 Å². The fourth-order valence-electron chi connectivity index (χ4n) is 3.78. The lowest BCUT2D eigenvalue weighted by Crippen LogP contribution is -2.52. The quantitative estimate of drug-likeness (QED) is 0.570. The van der Waals surface area contributed by atoms with E-state index in [0.717, 1.165) is 6.07 Å². The highest BCUT2D eigenvalue weighted by Gasteiger charge is 2.39. The largest absolute Gasteiger partial charge is 0.425 e. The SMILES string of the molecule is O=C1CCC(N2Cc3cc(CNC(=O)Nc4c#cc(C(F)(F)F)c(Cl)c4)ccc3C2=O)C(=O)N1. The second kappa shape index (κ2) is 8.87. The molecule has 8 nitrogen and oxygen atoms in total. The third-order valence-electron chi connectivity index (χ3n) is 5.40. The summed E-state index contributed by atoms with van der Waals surface area (Å²) in [6.07, 6.45) is -4.28. The molecule has 0 aliphatic carbocycles. The molecule has 12 heteroatoms. The summed E-state index contributed by atoms with van der Waals surface area (Å²) >= 11 is 5.60. The van der Waals surface area contributed by atoms with Crippen molar-refractivity contribution < 1.29 is 32.3 Å². The second-order valence-electron chi connectivity index (χ2n) is 7.73. The van der Waals surface area contributed by atoms with Gasteiger partial charge < -0.3 is 15.5 Å². The van der Waals surface area contributed by atoms with Gasteiger partial charge in [0.25, 0.3) is 5.91 Å². The number of nitrogens with zero attached hydrogens (tertiary/aromatic N) is 1. The predicted molar refractivity (Wildman–Crippen MR) is 112 cm³/mol. The lowest BCUT2D eigenvalue weighted by atomic mass is 10.0. The highest BCUT2D eigenvalue weighted by molar-refractivity contribution is 6.31. The molecule has 34 heavy (non-hydrogen) atoms. The Kier molecular flexibility index (Phi) is 6.10. The normalized spacial score (nSPS) is 17.7. The van der Waals surface area contributed by atoms with Crippen LogP contribution >= 0.6 is 11.6 Å². The molecule has 3 N–H and O–H groups in total. The first kappa shape index (κ1) is 23.4. The summed E-state index contributed by atoms with van der Waals surface area (Å²) in [5.74, 6) is -1.19. The van der Waals surface area contributed by atoms with Crippen LogP contribution in [0.5, 0.6) is 0 Å². The number of fused-ring (bicyclic) bond motifs is 1. The van der Waals surface area contributed by atoms with Crippen molar-refractivity contribution in [1.29, 1.82) is 0 Å². The first-order valence-corrected chi connectivity index (χ1v) is 10.4. The second-order valence-corrected chi connectivity index (χ2v) is 8.14. The highest BCUT2D eigenvalue weighted by Crippen LogP contribution is 2.34. The number of urea groups is 1. The molecule has 2 aliphatic heterocycles. The molecule has 2 heterocycles. The van der Waals surface area contributed by atoms with Gasteiger partial charge in [0.1, 0.15) is 11.6 Å². The predicted octanol–water partition coefficient (Wildman–Crippen LogP) is 3.04. The zero-order valence-corrected chi connectivity index (χ0v) is 18.1. The number of piperidine rings is 1. The molecule has 1 unspecified atom stereocenters. The molecule has 5 amide bonds. The lowest BCUT2D eigenvalue weighted by Gasteiger charge is -2.29. The molecule has 2 aromatic carbocycles. The molecule has 0 aromatic heterocycles.